The van der Waals surface area contributed by atoms with E-state index in [1.165, 1.54) is 22.5 Å². The molecule has 27 heavy (non-hydrogen) atoms. The maximum atomic E-state index is 12.6. The molecule has 0 fully saturated rings. The van der Waals surface area contributed by atoms with Crippen LogP contribution in [0, 0.1) is 6.92 Å². The molecule has 7 heteroatoms. The zero-order chi connectivity index (χ0) is 19.2. The predicted octanol–water partition coefficient (Wildman–Crippen LogP) is 4.16. The van der Waals surface area contributed by atoms with E-state index in [9.17, 15) is 9.59 Å². The lowest BCUT2D eigenvalue weighted by Gasteiger charge is -2.28. The number of esters is 1. The maximum absolute atomic E-state index is 12.6. The van der Waals surface area contributed by atoms with Crippen molar-refractivity contribution >= 4 is 35.1 Å². The van der Waals surface area contributed by atoms with Gasteiger partial charge in [-0.1, -0.05) is 30.3 Å². The molecule has 1 aliphatic rings. The van der Waals surface area contributed by atoms with Crippen molar-refractivity contribution < 1.29 is 14.3 Å². The molecule has 0 spiro atoms. The number of hydrogen-bond acceptors (Lipinski definition) is 5. The zero-order valence-electron chi connectivity index (χ0n) is 15.3. The summed E-state index contributed by atoms with van der Waals surface area (Å²) in [6.45, 7) is 4.15. The van der Waals surface area contributed by atoms with E-state index >= 15 is 0 Å². The summed E-state index contributed by atoms with van der Waals surface area (Å²) in [7, 11) is 0. The summed E-state index contributed by atoms with van der Waals surface area (Å²) in [6.07, 6.45) is 0. The van der Waals surface area contributed by atoms with E-state index in [2.05, 4.69) is 29.7 Å². The number of nitrogens with one attached hydrogen (secondary N) is 2. The highest BCUT2D eigenvalue weighted by Gasteiger charge is 2.34. The number of thiophene rings is 1. The predicted molar refractivity (Wildman–Crippen MR) is 110 cm³/mol. The van der Waals surface area contributed by atoms with Gasteiger partial charge in [-0.25, -0.2) is 9.59 Å². The Bertz CT molecular complexity index is 847. The van der Waals surface area contributed by atoms with Crippen molar-refractivity contribution in [2.75, 3.05) is 12.4 Å². The van der Waals surface area contributed by atoms with Gasteiger partial charge in [-0.05, 0) is 36.4 Å². The summed E-state index contributed by atoms with van der Waals surface area (Å²) in [5.41, 5.74) is 3.58. The molecule has 2 aromatic rings. The fourth-order valence-electron chi connectivity index (χ4n) is 2.89. The second-order valence-corrected chi connectivity index (χ2v) is 8.04. The smallest absolute Gasteiger partial charge is 0.338 e. The molecule has 0 saturated carbocycles. The van der Waals surface area contributed by atoms with Crippen LogP contribution in [0.3, 0.4) is 0 Å². The van der Waals surface area contributed by atoms with Crippen molar-refractivity contribution in [2.24, 2.45) is 0 Å². The summed E-state index contributed by atoms with van der Waals surface area (Å²) in [5, 5.41) is 7.59. The second-order valence-electron chi connectivity index (χ2n) is 6.08. The summed E-state index contributed by atoms with van der Waals surface area (Å²) >= 11 is 3.17. The number of amides is 2. The maximum Gasteiger partial charge on any atom is 0.338 e. The van der Waals surface area contributed by atoms with Gasteiger partial charge >= 0.3 is 12.0 Å². The van der Waals surface area contributed by atoms with Gasteiger partial charge in [0.2, 0.25) is 0 Å². The van der Waals surface area contributed by atoms with Crippen LogP contribution in [0.5, 0.6) is 0 Å². The van der Waals surface area contributed by atoms with Crippen LogP contribution in [0.2, 0.25) is 0 Å². The number of thioether (sulfide) groups is 1. The van der Waals surface area contributed by atoms with Gasteiger partial charge in [-0.3, -0.25) is 0 Å². The topological polar surface area (TPSA) is 67.4 Å². The lowest BCUT2D eigenvalue weighted by atomic mass is 10.0. The molecular weight excluding hydrogens is 380 g/mol. The van der Waals surface area contributed by atoms with Crippen molar-refractivity contribution in [3.63, 3.8) is 0 Å². The van der Waals surface area contributed by atoms with Gasteiger partial charge in [-0.15, -0.1) is 11.3 Å². The summed E-state index contributed by atoms with van der Waals surface area (Å²) in [5.74, 6) is 0.937. The molecule has 0 bridgehead atoms. The number of rotatable bonds is 7. The Labute approximate surface area is 167 Å². The van der Waals surface area contributed by atoms with E-state index in [1.54, 1.807) is 18.7 Å². The molecule has 5 nitrogen and oxygen atoms in total. The van der Waals surface area contributed by atoms with E-state index in [-0.39, 0.29) is 12.6 Å². The Morgan fingerprint density at radius 1 is 1.22 bits per heavy atom. The molecule has 1 aromatic heterocycles. The number of carbonyl (C=O) groups is 2. The van der Waals surface area contributed by atoms with Crippen LogP contribution in [-0.4, -0.2) is 24.4 Å². The highest BCUT2D eigenvalue weighted by molar-refractivity contribution is 7.98. The molecule has 0 aliphatic carbocycles. The van der Waals surface area contributed by atoms with Crippen LogP contribution in [0.15, 0.2) is 53.0 Å². The zero-order valence-corrected chi connectivity index (χ0v) is 16.9. The minimum atomic E-state index is -0.480. The molecule has 1 unspecified atom stereocenters. The van der Waals surface area contributed by atoms with Gasteiger partial charge in [0.1, 0.15) is 0 Å². The quantitative estimate of drug-likeness (QED) is 0.683. The Morgan fingerprint density at radius 3 is 2.74 bits per heavy atom. The number of ether oxygens (including phenoxy) is 1. The molecule has 2 amide bonds. The Kier molecular flexibility index (Phi) is 6.58. The van der Waals surface area contributed by atoms with E-state index < -0.39 is 12.0 Å². The van der Waals surface area contributed by atoms with E-state index in [4.69, 9.17) is 4.74 Å². The van der Waals surface area contributed by atoms with Crippen molar-refractivity contribution in [1.82, 2.24) is 10.6 Å². The van der Waals surface area contributed by atoms with E-state index in [0.29, 0.717) is 17.0 Å². The van der Waals surface area contributed by atoms with Crippen LogP contribution in [0.25, 0.3) is 0 Å². The van der Waals surface area contributed by atoms with Crippen LogP contribution in [-0.2, 0) is 15.3 Å². The van der Waals surface area contributed by atoms with Crippen molar-refractivity contribution in [3.8, 4) is 0 Å². The third-order valence-electron chi connectivity index (χ3n) is 4.24. The van der Waals surface area contributed by atoms with Gasteiger partial charge in [0.15, 0.2) is 0 Å². The normalized spacial score (nSPS) is 16.7. The number of carbonyl (C=O) groups excluding carboxylic acids is 2. The van der Waals surface area contributed by atoms with Gasteiger partial charge in [0.05, 0.1) is 18.2 Å². The fraction of sp³-hybridized carbons (Fsp3) is 0.300. The molecule has 142 valence electrons. The molecule has 2 heterocycles. The molecule has 2 N–H and O–H groups in total. The molecular formula is C20H22N2O3S2. The molecule has 1 aromatic carbocycles. The first-order valence-electron chi connectivity index (χ1n) is 8.73. The number of urea groups is 1. The van der Waals surface area contributed by atoms with Crippen molar-refractivity contribution in [2.45, 2.75) is 25.6 Å². The first kappa shape index (κ1) is 19.5. The second kappa shape index (κ2) is 9.10. The van der Waals surface area contributed by atoms with Crippen LogP contribution < -0.4 is 10.6 Å². The van der Waals surface area contributed by atoms with Gasteiger partial charge in [0.25, 0.3) is 0 Å². The Balaban J connectivity index is 1.84. The first-order valence-corrected chi connectivity index (χ1v) is 10.8. The van der Waals surface area contributed by atoms with Gasteiger partial charge < -0.3 is 15.4 Å². The Morgan fingerprint density at radius 2 is 2.04 bits per heavy atom. The fourth-order valence-corrected chi connectivity index (χ4v) is 4.75. The molecule has 0 saturated heterocycles. The molecule has 3 rings (SSSR count). The van der Waals surface area contributed by atoms with E-state index in [1.807, 2.05) is 29.6 Å². The largest absolute Gasteiger partial charge is 0.463 e. The van der Waals surface area contributed by atoms with Crippen molar-refractivity contribution in [3.05, 3.63) is 69.1 Å². The number of hydrogen-bond donors (Lipinski definition) is 2. The third kappa shape index (κ3) is 4.73. The molecule has 1 aliphatic heterocycles. The summed E-state index contributed by atoms with van der Waals surface area (Å²) < 4.78 is 5.27. The monoisotopic (exact) mass is 402 g/mol. The van der Waals surface area contributed by atoms with Gasteiger partial charge in [-0.2, -0.15) is 11.8 Å². The highest BCUT2D eigenvalue weighted by Crippen LogP contribution is 2.32. The average molecular weight is 403 g/mol. The van der Waals surface area contributed by atoms with Gasteiger partial charge in [0, 0.05) is 22.1 Å². The minimum Gasteiger partial charge on any atom is -0.463 e. The average Bonchev–Trinajstić information content (AvgIpc) is 3.17. The molecule has 0 radical (unpaired) electrons. The Hall–Kier alpha value is -2.25. The van der Waals surface area contributed by atoms with E-state index in [0.717, 1.165) is 10.6 Å². The summed E-state index contributed by atoms with van der Waals surface area (Å²) in [6, 6.07) is 11.3. The number of aryl methyl sites for hydroxylation is 1. The van der Waals surface area contributed by atoms with Crippen LogP contribution >= 0.6 is 23.1 Å². The number of benzene rings is 1. The minimum absolute atomic E-state index is 0.289. The highest BCUT2D eigenvalue weighted by atomic mass is 32.2. The summed E-state index contributed by atoms with van der Waals surface area (Å²) in [4.78, 5) is 25.7. The lowest BCUT2D eigenvalue weighted by molar-refractivity contribution is -0.139. The van der Waals surface area contributed by atoms with Crippen LogP contribution in [0.4, 0.5) is 4.79 Å². The lowest BCUT2D eigenvalue weighted by Crippen LogP contribution is -2.46. The molecule has 1 atom stereocenters. The van der Waals surface area contributed by atoms with Crippen molar-refractivity contribution in [1.29, 1.82) is 0 Å². The third-order valence-corrected chi connectivity index (χ3v) is 6.19. The standard InChI is InChI=1S/C20H22N2O3S2/c1-3-25-19(23)17-15(12-26-11-14-8-5-4-7-13(14)2)21-20(24)22-18(17)16-9-6-10-27-16/h4-10,18H,3,11-12H2,1-2H3,(H2,21,22,24). The van der Waals surface area contributed by atoms with Crippen LogP contribution in [0.1, 0.15) is 29.0 Å². The SMILES string of the molecule is CCOC(=O)C1=C(CSCc2ccccc2C)NC(=O)NC1c1cccs1. The first-order chi connectivity index (χ1) is 13.1.